The number of aliphatic imine (C=N–C) groups is 3. The molecular weight excluding hydrogens is 308 g/mol. The van der Waals surface area contributed by atoms with Crippen LogP contribution in [0.2, 0.25) is 0 Å². The summed E-state index contributed by atoms with van der Waals surface area (Å²) in [5.74, 6) is 2.10. The summed E-state index contributed by atoms with van der Waals surface area (Å²) in [6, 6.07) is 6.44. The van der Waals surface area contributed by atoms with Crippen molar-refractivity contribution in [3.8, 4) is 12.3 Å². The smallest absolute Gasteiger partial charge is 0.397 e. The number of amidine groups is 2. The van der Waals surface area contributed by atoms with Crippen molar-refractivity contribution >= 4 is 46.4 Å². The highest BCUT2D eigenvalue weighted by Gasteiger charge is 2.45. The minimum Gasteiger partial charge on any atom is -0.397 e. The minimum atomic E-state index is -0.539. The van der Waals surface area contributed by atoms with Gasteiger partial charge in [-0.25, -0.2) is 14.6 Å². The maximum Gasteiger partial charge on any atom is 0.446 e. The predicted molar refractivity (Wildman–Crippen MR) is 91.0 cm³/mol. The molecule has 8 nitrogen and oxygen atoms in total. The fraction of sp³-hybridized carbons (Fsp3) is 0.125. The van der Waals surface area contributed by atoms with E-state index in [2.05, 4.69) is 20.9 Å². The number of amides is 3. The summed E-state index contributed by atoms with van der Waals surface area (Å²) in [4.78, 5) is 37.7. The van der Waals surface area contributed by atoms with Crippen molar-refractivity contribution in [1.82, 2.24) is 4.90 Å². The van der Waals surface area contributed by atoms with Gasteiger partial charge in [-0.3, -0.25) is 0 Å². The van der Waals surface area contributed by atoms with Gasteiger partial charge in [-0.15, -0.1) is 6.42 Å². The molecule has 3 amide bonds. The second-order valence-corrected chi connectivity index (χ2v) is 5.09. The lowest BCUT2D eigenvalue weighted by atomic mass is 10.2. The molecule has 2 aliphatic heterocycles. The number of nitrogens with zero attached hydrogens (tertiary/aromatic N) is 5. The van der Waals surface area contributed by atoms with Gasteiger partial charge in [-0.05, 0) is 18.1 Å². The van der Waals surface area contributed by atoms with Gasteiger partial charge in [0.25, 0.3) is 5.84 Å². The van der Waals surface area contributed by atoms with Crippen LogP contribution in [0.15, 0.2) is 39.2 Å². The Hall–Kier alpha value is -3.60. The number of nitrogens with two attached hydrogens (primary N) is 1. The molecule has 1 aromatic carbocycles. The predicted octanol–water partition coefficient (Wildman–Crippen LogP) is 0.460. The molecule has 0 atom stereocenters. The first-order valence-corrected chi connectivity index (χ1v) is 6.94. The van der Waals surface area contributed by atoms with E-state index >= 15 is 0 Å². The fourth-order valence-corrected chi connectivity index (χ4v) is 2.24. The number of urea groups is 1. The van der Waals surface area contributed by atoms with Crippen LogP contribution in [0.25, 0.3) is 0 Å². The molecule has 118 valence electrons. The summed E-state index contributed by atoms with van der Waals surface area (Å²) >= 11 is 0. The SMILES string of the molecule is C#CC(=Nc1ccccc1N)C1=NC2=[N+](C)C(=O)N(C)C(=O)C2=N1. The number of rotatable bonds is 2. The molecule has 3 rings (SSSR count). The van der Waals surface area contributed by atoms with E-state index in [1.165, 1.54) is 18.7 Å². The van der Waals surface area contributed by atoms with Gasteiger partial charge in [0.05, 0.1) is 25.5 Å². The van der Waals surface area contributed by atoms with Gasteiger partial charge in [-0.1, -0.05) is 17.1 Å². The van der Waals surface area contributed by atoms with Crippen molar-refractivity contribution in [3.63, 3.8) is 0 Å². The van der Waals surface area contributed by atoms with Crippen LogP contribution in [0.3, 0.4) is 0 Å². The zero-order valence-corrected chi connectivity index (χ0v) is 13.0. The first-order chi connectivity index (χ1) is 11.4. The molecule has 1 aromatic rings. The van der Waals surface area contributed by atoms with Crippen LogP contribution < -0.4 is 5.73 Å². The molecule has 24 heavy (non-hydrogen) atoms. The van der Waals surface area contributed by atoms with Crippen LogP contribution in [-0.4, -0.2) is 58.6 Å². The summed E-state index contributed by atoms with van der Waals surface area (Å²) in [6.45, 7) is 0. The first-order valence-electron chi connectivity index (χ1n) is 6.94. The lowest BCUT2D eigenvalue weighted by molar-refractivity contribution is -0.401. The molecule has 0 bridgehead atoms. The molecular formula is C16H13N6O2+. The Labute approximate surface area is 137 Å². The van der Waals surface area contributed by atoms with E-state index in [-0.39, 0.29) is 23.1 Å². The van der Waals surface area contributed by atoms with Crippen LogP contribution in [0, 0.1) is 12.3 Å². The topological polar surface area (TPSA) is 103 Å². The average Bonchev–Trinajstić information content (AvgIpc) is 3.02. The van der Waals surface area contributed by atoms with Crippen LogP contribution in [0.4, 0.5) is 16.2 Å². The third kappa shape index (κ3) is 2.28. The molecule has 2 aliphatic rings. The Balaban J connectivity index is 2.10. The maximum atomic E-state index is 12.2. The van der Waals surface area contributed by atoms with E-state index in [0.29, 0.717) is 11.4 Å². The summed E-state index contributed by atoms with van der Waals surface area (Å²) in [7, 11) is 2.88. The monoisotopic (exact) mass is 321 g/mol. The van der Waals surface area contributed by atoms with Crippen LogP contribution in [0.1, 0.15) is 0 Å². The first kappa shape index (κ1) is 15.3. The molecule has 2 N–H and O–H groups in total. The van der Waals surface area contributed by atoms with Gasteiger partial charge < -0.3 is 5.73 Å². The molecule has 0 aliphatic carbocycles. The van der Waals surface area contributed by atoms with Crippen molar-refractivity contribution in [2.45, 2.75) is 0 Å². The number of anilines is 1. The number of terminal acetylenes is 1. The number of nitrogen functional groups attached to an aromatic ring is 1. The second kappa shape index (κ2) is 5.55. The zero-order valence-electron chi connectivity index (χ0n) is 13.0. The number of benzene rings is 1. The zero-order chi connectivity index (χ0) is 17.4. The average molecular weight is 321 g/mol. The molecule has 0 radical (unpaired) electrons. The molecule has 0 saturated carbocycles. The number of carbonyl (C=O) groups excluding carboxylic acids is 2. The Morgan fingerprint density at radius 2 is 2.04 bits per heavy atom. The normalized spacial score (nSPS) is 17.5. The van der Waals surface area contributed by atoms with E-state index in [1.54, 1.807) is 24.3 Å². The van der Waals surface area contributed by atoms with Crippen molar-refractivity contribution in [3.05, 3.63) is 24.3 Å². The highest BCUT2D eigenvalue weighted by atomic mass is 16.2. The lowest BCUT2D eigenvalue weighted by Gasteiger charge is -2.15. The van der Waals surface area contributed by atoms with Gasteiger partial charge in [-0.2, -0.15) is 14.5 Å². The Morgan fingerprint density at radius 1 is 1.33 bits per heavy atom. The summed E-state index contributed by atoms with van der Waals surface area (Å²) in [6.07, 6.45) is 5.51. The van der Waals surface area contributed by atoms with Gasteiger partial charge in [0.2, 0.25) is 5.71 Å². The van der Waals surface area contributed by atoms with Crippen molar-refractivity contribution < 1.29 is 14.2 Å². The number of carbonyl (C=O) groups is 2. The number of imide groups is 1. The standard InChI is InChI=1S/C16H12N6O2/c1-4-10(18-11-8-6-5-7-9(11)17)13-19-12-14(20-13)21(2)16(24)22(3)15(12)23/h1,5-8,17H,2-3H3/p+1. The number of fused-ring (bicyclic) bond motifs is 1. The number of hydrogen-bond acceptors (Lipinski definition) is 6. The Kier molecular flexibility index (Phi) is 3.54. The van der Waals surface area contributed by atoms with Crippen molar-refractivity contribution in [2.75, 3.05) is 19.8 Å². The van der Waals surface area contributed by atoms with E-state index in [9.17, 15) is 9.59 Å². The van der Waals surface area contributed by atoms with Crippen molar-refractivity contribution in [2.24, 2.45) is 15.0 Å². The molecule has 0 fully saturated rings. The van der Waals surface area contributed by atoms with E-state index in [0.717, 1.165) is 4.90 Å². The van der Waals surface area contributed by atoms with Crippen LogP contribution in [0.5, 0.6) is 0 Å². The van der Waals surface area contributed by atoms with Gasteiger partial charge in [0.15, 0.2) is 5.71 Å². The van der Waals surface area contributed by atoms with Gasteiger partial charge in [0, 0.05) is 0 Å². The molecule has 8 heteroatoms. The summed E-state index contributed by atoms with van der Waals surface area (Å²) in [5, 5.41) is 0. The highest BCUT2D eigenvalue weighted by molar-refractivity contribution is 6.73. The molecule has 2 heterocycles. The molecule has 0 aromatic heterocycles. The Morgan fingerprint density at radius 3 is 2.71 bits per heavy atom. The molecule has 0 saturated heterocycles. The Bertz CT molecular complexity index is 946. The third-order valence-electron chi connectivity index (χ3n) is 3.56. The van der Waals surface area contributed by atoms with Crippen LogP contribution in [-0.2, 0) is 4.79 Å². The molecule has 0 spiro atoms. The number of para-hydroxylation sites is 2. The highest BCUT2D eigenvalue weighted by Crippen LogP contribution is 2.21. The fourth-order valence-electron chi connectivity index (χ4n) is 2.24. The maximum absolute atomic E-state index is 12.2. The van der Waals surface area contributed by atoms with E-state index in [1.807, 2.05) is 0 Å². The third-order valence-corrected chi connectivity index (χ3v) is 3.56. The minimum absolute atomic E-state index is 0.0542. The van der Waals surface area contributed by atoms with Gasteiger partial charge >= 0.3 is 17.8 Å². The second-order valence-electron chi connectivity index (χ2n) is 5.09. The summed E-state index contributed by atoms with van der Waals surface area (Å²) in [5.41, 5.74) is 6.95. The van der Waals surface area contributed by atoms with E-state index in [4.69, 9.17) is 12.2 Å². The lowest BCUT2D eigenvalue weighted by Crippen LogP contribution is -2.51. The van der Waals surface area contributed by atoms with Gasteiger partial charge in [0.1, 0.15) is 0 Å². The largest absolute Gasteiger partial charge is 0.446 e. The van der Waals surface area contributed by atoms with Crippen LogP contribution >= 0.6 is 0 Å². The van der Waals surface area contributed by atoms with Crippen molar-refractivity contribution in [1.29, 1.82) is 0 Å². The quantitative estimate of drug-likeness (QED) is 0.370. The van der Waals surface area contributed by atoms with E-state index < -0.39 is 11.9 Å². The molecule has 0 unspecified atom stereocenters. The number of hydrogen-bond donors (Lipinski definition) is 1. The summed E-state index contributed by atoms with van der Waals surface area (Å²) < 4.78 is 1.23.